The summed E-state index contributed by atoms with van der Waals surface area (Å²) >= 11 is 5.75. The van der Waals surface area contributed by atoms with Crippen LogP contribution < -0.4 is 11.0 Å². The van der Waals surface area contributed by atoms with Crippen LogP contribution in [0.5, 0.6) is 0 Å². The van der Waals surface area contributed by atoms with Crippen molar-refractivity contribution in [1.82, 2.24) is 14.9 Å². The van der Waals surface area contributed by atoms with E-state index in [0.717, 1.165) is 47.1 Å². The van der Waals surface area contributed by atoms with E-state index >= 15 is 0 Å². The maximum atomic E-state index is 13.4. The fraction of sp³-hybridized carbons (Fsp3) is 0.386. The number of nitrogens with zero attached hydrogens (tertiary/aromatic N) is 2. The van der Waals surface area contributed by atoms with Crippen LogP contribution in [0.2, 0.25) is 0 Å². The number of esters is 2. The molecule has 3 heterocycles. The molecule has 0 bridgehead atoms. The largest absolute Gasteiger partial charge is 0.461 e. The standard InChI is InChI=1S/C44H46ClN3O9/c1-4-5-6-11-27-16-18-28(19-17-27)35-20-29-23-48(43(51)47-41(29)57-35)38-21-36(56-39(49)22-45)37(55-38)25-53-42(50)40(26(2)3)46-44(52)54-24-34-32-14-9-7-12-30(32)31-13-8-10-15-33(31)34/h7-10,12-20,23,26,34,36-38,40H,4-6,11,21-22,24-25H2,1-3H3,(H,46,52)/t36-,37+,38+,40-/m0/s1. The first-order valence-corrected chi connectivity index (χ1v) is 20.0. The summed E-state index contributed by atoms with van der Waals surface area (Å²) in [6.07, 6.45) is 2.61. The molecule has 7 rings (SSSR count). The topological polar surface area (TPSA) is 148 Å². The molecule has 1 aliphatic heterocycles. The quantitative estimate of drug-likeness (QED) is 0.0479. The van der Waals surface area contributed by atoms with Crippen LogP contribution in [0.1, 0.15) is 75.3 Å². The van der Waals surface area contributed by atoms with Crippen molar-refractivity contribution in [2.75, 3.05) is 19.1 Å². The smallest absolute Gasteiger partial charge is 0.407 e. The van der Waals surface area contributed by atoms with Gasteiger partial charge in [-0.15, -0.1) is 11.6 Å². The van der Waals surface area contributed by atoms with Gasteiger partial charge in [-0.1, -0.05) is 106 Å². The number of hydrogen-bond acceptors (Lipinski definition) is 10. The van der Waals surface area contributed by atoms with Gasteiger partial charge < -0.3 is 28.7 Å². The molecular formula is C44H46ClN3O9. The Morgan fingerprint density at radius 2 is 1.65 bits per heavy atom. The Morgan fingerprint density at radius 3 is 2.32 bits per heavy atom. The van der Waals surface area contributed by atoms with Crippen molar-refractivity contribution in [2.24, 2.45) is 5.92 Å². The number of aromatic nitrogens is 2. The van der Waals surface area contributed by atoms with E-state index in [1.165, 1.54) is 16.6 Å². The van der Waals surface area contributed by atoms with Gasteiger partial charge in [0.05, 0.1) is 5.39 Å². The Labute approximate surface area is 335 Å². The molecule has 1 saturated heterocycles. The van der Waals surface area contributed by atoms with Crippen LogP contribution in [0, 0.1) is 5.92 Å². The summed E-state index contributed by atoms with van der Waals surface area (Å²) in [7, 11) is 0. The number of rotatable bonds is 15. The molecule has 0 spiro atoms. The van der Waals surface area contributed by atoms with E-state index < -0.39 is 54.1 Å². The molecule has 1 amide bonds. The molecule has 1 aliphatic carbocycles. The van der Waals surface area contributed by atoms with Crippen molar-refractivity contribution in [3.05, 3.63) is 112 Å². The maximum absolute atomic E-state index is 13.4. The first-order valence-electron chi connectivity index (χ1n) is 19.4. The van der Waals surface area contributed by atoms with Crippen LogP contribution in [0.3, 0.4) is 0 Å². The molecule has 5 aromatic rings. The molecule has 1 fully saturated rings. The summed E-state index contributed by atoms with van der Waals surface area (Å²) in [5.41, 5.74) is 5.98. The number of ether oxygens (including phenoxy) is 4. The first kappa shape index (κ1) is 39.8. The zero-order valence-corrected chi connectivity index (χ0v) is 32.9. The van der Waals surface area contributed by atoms with Gasteiger partial charge in [0.25, 0.3) is 0 Å². The van der Waals surface area contributed by atoms with Crippen LogP contribution >= 0.6 is 11.6 Å². The molecule has 12 nitrogen and oxygen atoms in total. The van der Waals surface area contributed by atoms with Crippen molar-refractivity contribution in [3.8, 4) is 22.5 Å². The fourth-order valence-electron chi connectivity index (χ4n) is 7.55. The lowest BCUT2D eigenvalue weighted by molar-refractivity contribution is -0.158. The van der Waals surface area contributed by atoms with Crippen molar-refractivity contribution in [2.45, 2.75) is 83.3 Å². The van der Waals surface area contributed by atoms with E-state index in [-0.39, 0.29) is 37.2 Å². The number of nitrogens with one attached hydrogen (secondary N) is 1. The lowest BCUT2D eigenvalue weighted by Gasteiger charge is -2.23. The number of amides is 1. The summed E-state index contributed by atoms with van der Waals surface area (Å²) in [4.78, 5) is 56.3. The number of carbonyl (C=O) groups is 3. The van der Waals surface area contributed by atoms with Crippen molar-refractivity contribution >= 4 is 40.7 Å². The monoisotopic (exact) mass is 795 g/mol. The van der Waals surface area contributed by atoms with E-state index in [4.69, 9.17) is 35.0 Å². The number of fused-ring (bicyclic) bond motifs is 4. The zero-order valence-electron chi connectivity index (χ0n) is 32.2. The second-order valence-corrected chi connectivity index (χ2v) is 15.1. The summed E-state index contributed by atoms with van der Waals surface area (Å²) in [5.74, 6) is -1.78. The van der Waals surface area contributed by atoms with Gasteiger partial charge in [-0.05, 0) is 52.6 Å². The van der Waals surface area contributed by atoms with Gasteiger partial charge in [0.1, 0.15) is 49.3 Å². The van der Waals surface area contributed by atoms with E-state index in [2.05, 4.69) is 41.5 Å². The molecule has 0 radical (unpaired) electrons. The van der Waals surface area contributed by atoms with E-state index in [1.807, 2.05) is 48.5 Å². The summed E-state index contributed by atoms with van der Waals surface area (Å²) in [6.45, 7) is 5.46. The molecule has 1 N–H and O–H groups in total. The Bertz CT molecular complexity index is 2240. The number of furan rings is 1. The molecule has 0 unspecified atom stereocenters. The molecule has 2 aliphatic rings. The number of hydrogen-bond donors (Lipinski definition) is 1. The van der Waals surface area contributed by atoms with Crippen LogP contribution in [0.15, 0.2) is 94.3 Å². The van der Waals surface area contributed by atoms with E-state index in [9.17, 15) is 19.2 Å². The number of aryl methyl sites for hydroxylation is 1. The van der Waals surface area contributed by atoms with Crippen molar-refractivity contribution < 1.29 is 37.7 Å². The zero-order chi connectivity index (χ0) is 40.1. The maximum Gasteiger partial charge on any atom is 0.407 e. The number of halogens is 1. The van der Waals surface area contributed by atoms with Crippen LogP contribution in [-0.2, 0) is 35.0 Å². The average molecular weight is 796 g/mol. The van der Waals surface area contributed by atoms with E-state index in [1.54, 1.807) is 26.1 Å². The summed E-state index contributed by atoms with van der Waals surface area (Å²) in [5, 5.41) is 3.23. The fourth-order valence-corrected chi connectivity index (χ4v) is 7.62. The van der Waals surface area contributed by atoms with E-state index in [0.29, 0.717) is 11.1 Å². The molecule has 2 aromatic heterocycles. The second-order valence-electron chi connectivity index (χ2n) is 14.8. The van der Waals surface area contributed by atoms with Gasteiger partial charge in [-0.3, -0.25) is 9.36 Å². The predicted octanol–water partition coefficient (Wildman–Crippen LogP) is 7.93. The molecule has 0 saturated carbocycles. The van der Waals surface area contributed by atoms with Gasteiger partial charge in [-0.2, -0.15) is 4.98 Å². The molecule has 57 heavy (non-hydrogen) atoms. The van der Waals surface area contributed by atoms with Gasteiger partial charge in [0.15, 0.2) is 0 Å². The minimum absolute atomic E-state index is 0.0632. The number of benzene rings is 3. The number of alkyl halides is 1. The number of carbonyl (C=O) groups excluding carboxylic acids is 3. The SMILES string of the molecule is CCCCCc1ccc(-c2cc3cn([C@H]4C[C@H](OC(=O)CCl)[C@@H](COC(=O)[C@@H](NC(=O)OCC5c6ccccc6-c6ccccc65)C(C)C)O4)c(=O)nc3o2)cc1. The van der Waals surface area contributed by atoms with Crippen LogP contribution in [-0.4, -0.2) is 64.9 Å². The Morgan fingerprint density at radius 1 is 0.947 bits per heavy atom. The third-order valence-electron chi connectivity index (χ3n) is 10.6. The second kappa shape index (κ2) is 17.8. The molecule has 13 heteroatoms. The third kappa shape index (κ3) is 8.92. The predicted molar refractivity (Wildman–Crippen MR) is 214 cm³/mol. The summed E-state index contributed by atoms with van der Waals surface area (Å²) in [6, 6.07) is 24.9. The molecule has 4 atom stereocenters. The van der Waals surface area contributed by atoms with Crippen LogP contribution in [0.25, 0.3) is 33.6 Å². The summed E-state index contributed by atoms with van der Waals surface area (Å²) < 4.78 is 30.3. The number of alkyl carbamates (subject to hydrolysis) is 1. The van der Waals surface area contributed by atoms with Gasteiger partial charge in [0.2, 0.25) is 5.71 Å². The van der Waals surface area contributed by atoms with Crippen LogP contribution in [0.4, 0.5) is 4.79 Å². The minimum Gasteiger partial charge on any atom is -0.461 e. The highest BCUT2D eigenvalue weighted by molar-refractivity contribution is 6.26. The minimum atomic E-state index is -1.05. The lowest BCUT2D eigenvalue weighted by Crippen LogP contribution is -2.46. The Hall–Kier alpha value is -5.46. The first-order chi connectivity index (χ1) is 27.6. The number of unbranched alkanes of at least 4 members (excludes halogenated alkanes) is 2. The Kier molecular flexibility index (Phi) is 12.4. The normalized spacial score (nSPS) is 17.9. The molecule has 3 aromatic carbocycles. The molecular weight excluding hydrogens is 750 g/mol. The third-order valence-corrected chi connectivity index (χ3v) is 10.8. The van der Waals surface area contributed by atoms with Gasteiger partial charge in [-0.25, -0.2) is 14.4 Å². The highest BCUT2D eigenvalue weighted by atomic mass is 35.5. The van der Waals surface area contributed by atoms with Crippen molar-refractivity contribution in [1.29, 1.82) is 0 Å². The highest BCUT2D eigenvalue weighted by Gasteiger charge is 2.41. The molecule has 298 valence electrons. The van der Waals surface area contributed by atoms with Crippen molar-refractivity contribution in [3.63, 3.8) is 0 Å². The Balaban J connectivity index is 0.995. The lowest BCUT2D eigenvalue weighted by atomic mass is 9.98. The highest BCUT2D eigenvalue weighted by Crippen LogP contribution is 2.44. The average Bonchev–Trinajstić information content (AvgIpc) is 3.91. The van der Waals surface area contributed by atoms with Gasteiger partial charge >= 0.3 is 23.7 Å². The van der Waals surface area contributed by atoms with Gasteiger partial charge in [0, 0.05) is 24.1 Å².